The first-order chi connectivity index (χ1) is 23.0. The molecule has 0 radical (unpaired) electrons. The summed E-state index contributed by atoms with van der Waals surface area (Å²) in [4.78, 5) is 12.9. The number of carbonyl (C=O) groups is 1. The Balaban J connectivity index is 1.01. The highest BCUT2D eigenvalue weighted by atomic mass is 16.5. The van der Waals surface area contributed by atoms with E-state index in [2.05, 4.69) is 61.5 Å². The van der Waals surface area contributed by atoms with E-state index in [-0.39, 0.29) is 12.1 Å². The molecule has 3 fully saturated rings. The minimum atomic E-state index is 0.0392. The number of aryl methyl sites for hydroxylation is 2. The predicted octanol–water partition coefficient (Wildman–Crippen LogP) is 13.1. The van der Waals surface area contributed by atoms with Gasteiger partial charge in [0.25, 0.3) is 0 Å². The van der Waals surface area contributed by atoms with Gasteiger partial charge in [0, 0.05) is 25.7 Å². The van der Waals surface area contributed by atoms with Crippen LogP contribution in [-0.2, 0) is 22.4 Å². The highest BCUT2D eigenvalue weighted by Crippen LogP contribution is 2.67. The molecule has 0 spiro atoms. The van der Waals surface area contributed by atoms with E-state index in [1.54, 1.807) is 5.57 Å². The third-order valence-corrected chi connectivity index (χ3v) is 14.7. The summed E-state index contributed by atoms with van der Waals surface area (Å²) in [5, 5.41) is 0. The highest BCUT2D eigenvalue weighted by Gasteiger charge is 2.59. The van der Waals surface area contributed by atoms with Crippen molar-refractivity contribution in [2.75, 3.05) is 0 Å². The van der Waals surface area contributed by atoms with Crippen LogP contribution in [0.1, 0.15) is 186 Å². The second-order valence-corrected chi connectivity index (χ2v) is 18.2. The van der Waals surface area contributed by atoms with Crippen molar-refractivity contribution in [3.05, 3.63) is 34.3 Å². The first-order valence-corrected chi connectivity index (χ1v) is 20.9. The smallest absolute Gasteiger partial charge is 0.306 e. The molecule has 0 unspecified atom stereocenters. The van der Waals surface area contributed by atoms with Gasteiger partial charge in [-0.2, -0.15) is 0 Å². The van der Waals surface area contributed by atoms with Crippen LogP contribution in [0.3, 0.4) is 0 Å². The number of esters is 1. The van der Waals surface area contributed by atoms with Gasteiger partial charge in [-0.3, -0.25) is 4.79 Å². The lowest BCUT2D eigenvalue weighted by Crippen LogP contribution is -2.51. The highest BCUT2D eigenvalue weighted by molar-refractivity contribution is 5.69. The molecular formula is C45H74O3. The third-order valence-electron chi connectivity index (χ3n) is 14.7. The van der Waals surface area contributed by atoms with E-state index < -0.39 is 0 Å². The number of allylic oxidation sites excluding steroid dienone is 1. The fourth-order valence-corrected chi connectivity index (χ4v) is 11.7. The molecule has 8 atom stereocenters. The number of unbranched alkanes of at least 4 members (excludes halogenated alkanes) is 5. The van der Waals surface area contributed by atoms with E-state index in [0.29, 0.717) is 17.3 Å². The Bertz CT molecular complexity index is 1220. The van der Waals surface area contributed by atoms with Crippen molar-refractivity contribution in [1.29, 1.82) is 0 Å². The van der Waals surface area contributed by atoms with Gasteiger partial charge in [0.05, 0.1) is 0 Å². The summed E-state index contributed by atoms with van der Waals surface area (Å²) in [6, 6.07) is 0. The molecule has 0 aliphatic heterocycles. The monoisotopic (exact) mass is 663 g/mol. The van der Waals surface area contributed by atoms with Gasteiger partial charge >= 0.3 is 5.97 Å². The van der Waals surface area contributed by atoms with Crippen LogP contribution >= 0.6 is 0 Å². The molecule has 3 nitrogen and oxygen atoms in total. The van der Waals surface area contributed by atoms with E-state index in [0.717, 1.165) is 80.5 Å². The first-order valence-electron chi connectivity index (χ1n) is 20.9. The summed E-state index contributed by atoms with van der Waals surface area (Å²) in [5.41, 5.74) is 5.22. The number of furan rings is 1. The molecule has 0 N–H and O–H groups in total. The molecule has 1 aromatic heterocycles. The quantitative estimate of drug-likeness (QED) is 0.0946. The molecule has 4 aliphatic carbocycles. The van der Waals surface area contributed by atoms with E-state index in [1.807, 2.05) is 0 Å². The van der Waals surface area contributed by atoms with Crippen molar-refractivity contribution < 1.29 is 13.9 Å². The lowest BCUT2D eigenvalue weighted by Gasteiger charge is -2.58. The number of ether oxygens (including phenoxy) is 1. The van der Waals surface area contributed by atoms with Gasteiger partial charge in [-0.25, -0.2) is 0 Å². The van der Waals surface area contributed by atoms with Gasteiger partial charge in [-0.15, -0.1) is 0 Å². The van der Waals surface area contributed by atoms with E-state index in [1.165, 1.54) is 106 Å². The molecule has 0 bridgehead atoms. The van der Waals surface area contributed by atoms with Crippen molar-refractivity contribution in [2.24, 2.45) is 46.3 Å². The van der Waals surface area contributed by atoms with E-state index in [4.69, 9.17) is 9.15 Å². The Kier molecular flexibility index (Phi) is 13.1. The van der Waals surface area contributed by atoms with Crippen LogP contribution in [0.2, 0.25) is 0 Å². The topological polar surface area (TPSA) is 39.4 Å². The molecule has 48 heavy (non-hydrogen) atoms. The average molecular weight is 663 g/mol. The van der Waals surface area contributed by atoms with Crippen molar-refractivity contribution in [3.8, 4) is 0 Å². The van der Waals surface area contributed by atoms with Gasteiger partial charge in [0.1, 0.15) is 17.6 Å². The van der Waals surface area contributed by atoms with Crippen LogP contribution in [-0.4, -0.2) is 12.1 Å². The molecule has 3 saturated carbocycles. The summed E-state index contributed by atoms with van der Waals surface area (Å²) in [6.45, 7) is 19.3. The fourth-order valence-electron chi connectivity index (χ4n) is 11.7. The summed E-state index contributed by atoms with van der Waals surface area (Å²) in [7, 11) is 0. The Hall–Kier alpha value is -1.51. The number of hydrogen-bond donors (Lipinski definition) is 0. The van der Waals surface area contributed by atoms with Gasteiger partial charge in [0.15, 0.2) is 0 Å². The van der Waals surface area contributed by atoms with Crippen molar-refractivity contribution >= 4 is 5.97 Å². The van der Waals surface area contributed by atoms with Gasteiger partial charge < -0.3 is 9.15 Å². The molecule has 4 aliphatic rings. The van der Waals surface area contributed by atoms with Crippen LogP contribution in [0.5, 0.6) is 0 Å². The molecular weight excluding hydrogens is 588 g/mol. The van der Waals surface area contributed by atoms with Crippen molar-refractivity contribution in [1.82, 2.24) is 0 Å². The Labute approximate surface area is 296 Å². The Morgan fingerprint density at radius 3 is 2.29 bits per heavy atom. The molecule has 1 heterocycles. The molecule has 5 rings (SSSR count). The Morgan fingerprint density at radius 1 is 0.854 bits per heavy atom. The lowest BCUT2D eigenvalue weighted by molar-refractivity contribution is -0.151. The SMILES string of the molecule is CCCc1oc(CCCCCCCCC(=O)O[C@H]2CC[C@@]3(C)C(=CC[C@H]4[C@@H]5CC[C@H]([C@H](C)CCCC(C)C)[C@@]5(C)CC[C@@H]43)C2)c(C)c1C. The maximum Gasteiger partial charge on any atom is 0.306 e. The minimum absolute atomic E-state index is 0.0392. The summed E-state index contributed by atoms with van der Waals surface area (Å²) in [5.74, 6) is 7.65. The maximum atomic E-state index is 12.9. The summed E-state index contributed by atoms with van der Waals surface area (Å²) >= 11 is 0. The zero-order valence-corrected chi connectivity index (χ0v) is 32.7. The van der Waals surface area contributed by atoms with Crippen LogP contribution in [0, 0.1) is 60.2 Å². The average Bonchev–Trinajstić information content (AvgIpc) is 3.54. The number of fused-ring (bicyclic) bond motifs is 5. The third kappa shape index (κ3) is 8.33. The first kappa shape index (κ1) is 37.7. The molecule has 3 heteroatoms. The van der Waals surface area contributed by atoms with Crippen LogP contribution in [0.15, 0.2) is 16.1 Å². The standard InChI is InChI=1S/C45H74O3/c1-9-17-41-33(5)34(6)42(48-41)20-14-12-10-11-13-15-21-43(46)47-36-26-28-44(7)35(30-36)22-23-37-39-25-24-38(32(4)19-16-18-31(2)3)45(39,8)29-27-40(37)44/h22,31-32,36-40H,9-21,23-30H2,1-8H3/t32-,36+,37+,38-,39+,40+,44+,45-/m1/s1. The fraction of sp³-hybridized carbons (Fsp3) is 0.844. The predicted molar refractivity (Wildman–Crippen MR) is 201 cm³/mol. The molecule has 0 saturated heterocycles. The van der Waals surface area contributed by atoms with E-state index >= 15 is 0 Å². The lowest BCUT2D eigenvalue weighted by atomic mass is 9.47. The van der Waals surface area contributed by atoms with Gasteiger partial charge in [-0.05, 0) is 136 Å². The number of carbonyl (C=O) groups excluding carboxylic acids is 1. The van der Waals surface area contributed by atoms with E-state index in [9.17, 15) is 4.79 Å². The minimum Gasteiger partial charge on any atom is -0.466 e. The molecule has 0 amide bonds. The zero-order chi connectivity index (χ0) is 34.5. The number of hydrogen-bond acceptors (Lipinski definition) is 3. The van der Waals surface area contributed by atoms with Crippen LogP contribution in [0.4, 0.5) is 0 Å². The normalized spacial score (nSPS) is 32.0. The second-order valence-electron chi connectivity index (χ2n) is 18.2. The molecule has 0 aromatic carbocycles. The van der Waals surface area contributed by atoms with Crippen molar-refractivity contribution in [3.63, 3.8) is 0 Å². The second kappa shape index (κ2) is 16.7. The van der Waals surface area contributed by atoms with Crippen LogP contribution in [0.25, 0.3) is 0 Å². The molecule has 1 aromatic rings. The largest absolute Gasteiger partial charge is 0.466 e. The zero-order valence-electron chi connectivity index (χ0n) is 32.7. The summed E-state index contributed by atoms with van der Waals surface area (Å²) < 4.78 is 12.3. The van der Waals surface area contributed by atoms with Gasteiger partial charge in [-0.1, -0.05) is 98.1 Å². The Morgan fingerprint density at radius 2 is 1.56 bits per heavy atom. The maximum absolute atomic E-state index is 12.9. The van der Waals surface area contributed by atoms with Gasteiger partial charge in [0.2, 0.25) is 0 Å². The van der Waals surface area contributed by atoms with Crippen molar-refractivity contribution in [2.45, 2.75) is 196 Å². The van der Waals surface area contributed by atoms with Crippen LogP contribution < -0.4 is 0 Å². The summed E-state index contributed by atoms with van der Waals surface area (Å²) in [6.07, 6.45) is 28.0. The molecule has 272 valence electrons. The number of rotatable bonds is 17.